The Balaban J connectivity index is 1.37. The third kappa shape index (κ3) is 3.51. The van der Waals surface area contributed by atoms with Crippen molar-refractivity contribution in [3.8, 4) is 0 Å². The second-order valence-electron chi connectivity index (χ2n) is 7.49. The van der Waals surface area contributed by atoms with E-state index in [0.29, 0.717) is 32.0 Å². The fourth-order valence-corrected chi connectivity index (χ4v) is 4.12. The molecule has 3 saturated heterocycles. The lowest BCUT2D eigenvalue weighted by molar-refractivity contribution is -0.181. The molecule has 1 unspecified atom stereocenters. The van der Waals surface area contributed by atoms with Gasteiger partial charge in [0.15, 0.2) is 5.79 Å². The Morgan fingerprint density at radius 2 is 1.96 bits per heavy atom. The van der Waals surface area contributed by atoms with Crippen LogP contribution in [0.5, 0.6) is 0 Å². The van der Waals surface area contributed by atoms with Crippen LogP contribution >= 0.6 is 0 Å². The van der Waals surface area contributed by atoms with Gasteiger partial charge in [0.2, 0.25) is 0 Å². The van der Waals surface area contributed by atoms with E-state index in [1.807, 2.05) is 23.2 Å². The van der Waals surface area contributed by atoms with Gasteiger partial charge in [-0.15, -0.1) is 0 Å². The van der Waals surface area contributed by atoms with Crippen LogP contribution in [0, 0.1) is 5.92 Å². The summed E-state index contributed by atoms with van der Waals surface area (Å²) in [5.74, 6) is 0.279. The molecule has 1 amide bonds. The summed E-state index contributed by atoms with van der Waals surface area (Å²) < 4.78 is 11.5. The first-order valence-corrected chi connectivity index (χ1v) is 9.43. The van der Waals surface area contributed by atoms with Gasteiger partial charge < -0.3 is 19.3 Å². The number of nitrogens with zero attached hydrogens (tertiary/aromatic N) is 3. The van der Waals surface area contributed by atoms with E-state index in [-0.39, 0.29) is 5.91 Å². The zero-order chi connectivity index (χ0) is 17.3. The van der Waals surface area contributed by atoms with Gasteiger partial charge in [0.1, 0.15) is 5.69 Å². The van der Waals surface area contributed by atoms with Gasteiger partial charge in [-0.1, -0.05) is 6.92 Å². The third-order valence-corrected chi connectivity index (χ3v) is 5.62. The molecule has 6 heteroatoms. The quantitative estimate of drug-likeness (QED) is 0.823. The highest BCUT2D eigenvalue weighted by molar-refractivity contribution is 5.92. The summed E-state index contributed by atoms with van der Waals surface area (Å²) in [5.41, 5.74) is 1.64. The molecule has 0 aliphatic carbocycles. The number of piperidine rings is 2. The van der Waals surface area contributed by atoms with Gasteiger partial charge >= 0.3 is 0 Å². The van der Waals surface area contributed by atoms with Crippen LogP contribution < -0.4 is 4.90 Å². The first kappa shape index (κ1) is 16.8. The molecule has 0 aromatic carbocycles. The van der Waals surface area contributed by atoms with Crippen molar-refractivity contribution in [1.29, 1.82) is 0 Å². The lowest BCUT2D eigenvalue weighted by atomic mass is 10.00. The topological polar surface area (TPSA) is 54.9 Å². The number of anilines is 1. The normalized spacial score (nSPS) is 26.2. The van der Waals surface area contributed by atoms with Crippen LogP contribution in [0.25, 0.3) is 0 Å². The van der Waals surface area contributed by atoms with Crippen molar-refractivity contribution in [2.45, 2.75) is 38.4 Å². The van der Waals surface area contributed by atoms with E-state index in [1.165, 1.54) is 12.8 Å². The van der Waals surface area contributed by atoms with Crippen molar-refractivity contribution in [1.82, 2.24) is 9.88 Å². The molecule has 3 fully saturated rings. The van der Waals surface area contributed by atoms with Gasteiger partial charge in [-0.25, -0.2) is 4.98 Å². The van der Waals surface area contributed by atoms with Gasteiger partial charge in [-0.2, -0.15) is 0 Å². The smallest absolute Gasteiger partial charge is 0.272 e. The lowest BCUT2D eigenvalue weighted by Crippen LogP contribution is -2.47. The number of carbonyl (C=O) groups is 1. The van der Waals surface area contributed by atoms with E-state index in [1.54, 1.807) is 0 Å². The van der Waals surface area contributed by atoms with E-state index in [0.717, 1.165) is 37.5 Å². The maximum absolute atomic E-state index is 12.7. The summed E-state index contributed by atoms with van der Waals surface area (Å²) in [6, 6.07) is 3.90. The Labute approximate surface area is 149 Å². The minimum absolute atomic E-state index is 0.00593. The number of ether oxygens (including phenoxy) is 2. The first-order valence-electron chi connectivity index (χ1n) is 9.43. The molecule has 1 aromatic heterocycles. The molecule has 1 spiro atoms. The largest absolute Gasteiger partial charge is 0.370 e. The average molecular weight is 345 g/mol. The predicted octanol–water partition coefficient (Wildman–Crippen LogP) is 2.30. The van der Waals surface area contributed by atoms with Crippen LogP contribution in [0.2, 0.25) is 0 Å². The highest BCUT2D eigenvalue weighted by atomic mass is 16.7. The second kappa shape index (κ2) is 6.92. The summed E-state index contributed by atoms with van der Waals surface area (Å²) in [6.45, 7) is 7.07. The number of pyridine rings is 1. The fraction of sp³-hybridized carbons (Fsp3) is 0.684. The highest BCUT2D eigenvalue weighted by Crippen LogP contribution is 2.31. The molecular formula is C19H27N3O3. The Hall–Kier alpha value is -1.66. The number of hydrogen-bond donors (Lipinski definition) is 0. The van der Waals surface area contributed by atoms with E-state index < -0.39 is 5.79 Å². The highest BCUT2D eigenvalue weighted by Gasteiger charge is 2.41. The van der Waals surface area contributed by atoms with Crippen molar-refractivity contribution in [3.63, 3.8) is 0 Å². The Morgan fingerprint density at radius 1 is 1.20 bits per heavy atom. The third-order valence-electron chi connectivity index (χ3n) is 5.62. The van der Waals surface area contributed by atoms with E-state index in [4.69, 9.17) is 9.47 Å². The Kier molecular flexibility index (Phi) is 4.65. The van der Waals surface area contributed by atoms with E-state index >= 15 is 0 Å². The minimum Gasteiger partial charge on any atom is -0.370 e. The molecule has 1 atom stereocenters. The number of likely N-dealkylation sites (tertiary alicyclic amines) is 1. The number of aromatic nitrogens is 1. The van der Waals surface area contributed by atoms with Gasteiger partial charge in [0, 0.05) is 39.0 Å². The molecule has 4 rings (SSSR count). The summed E-state index contributed by atoms with van der Waals surface area (Å²) in [7, 11) is 0. The van der Waals surface area contributed by atoms with Crippen molar-refractivity contribution in [2.75, 3.05) is 44.3 Å². The molecule has 3 aliphatic rings. The average Bonchev–Trinajstić information content (AvgIpc) is 3.10. The van der Waals surface area contributed by atoms with Crippen LogP contribution in [-0.4, -0.2) is 61.0 Å². The molecule has 0 N–H and O–H groups in total. The molecule has 3 aliphatic heterocycles. The molecule has 6 nitrogen and oxygen atoms in total. The van der Waals surface area contributed by atoms with Crippen molar-refractivity contribution in [3.05, 3.63) is 24.0 Å². The van der Waals surface area contributed by atoms with Crippen LogP contribution in [0.1, 0.15) is 43.1 Å². The van der Waals surface area contributed by atoms with E-state index in [2.05, 4.69) is 16.8 Å². The van der Waals surface area contributed by atoms with Gasteiger partial charge in [0.05, 0.1) is 25.1 Å². The summed E-state index contributed by atoms with van der Waals surface area (Å²) in [6.07, 6.45) is 5.84. The first-order chi connectivity index (χ1) is 12.2. The lowest BCUT2D eigenvalue weighted by Gasteiger charge is -2.37. The second-order valence-corrected chi connectivity index (χ2v) is 7.49. The Morgan fingerprint density at radius 3 is 2.60 bits per heavy atom. The van der Waals surface area contributed by atoms with Crippen LogP contribution in [-0.2, 0) is 9.47 Å². The van der Waals surface area contributed by atoms with E-state index in [9.17, 15) is 4.79 Å². The van der Waals surface area contributed by atoms with Crippen molar-refractivity contribution in [2.24, 2.45) is 5.92 Å². The summed E-state index contributed by atoms with van der Waals surface area (Å²) in [4.78, 5) is 21.4. The molecule has 25 heavy (non-hydrogen) atoms. The molecule has 136 valence electrons. The molecule has 0 saturated carbocycles. The molecular weight excluding hydrogens is 318 g/mol. The van der Waals surface area contributed by atoms with Crippen molar-refractivity contribution >= 4 is 11.6 Å². The van der Waals surface area contributed by atoms with Crippen LogP contribution in [0.4, 0.5) is 5.69 Å². The van der Waals surface area contributed by atoms with Gasteiger partial charge in [-0.05, 0) is 30.9 Å². The Bertz CT molecular complexity index is 603. The SMILES string of the molecule is CC1CCCN(c2ccc(C(=O)N3CCC4(CC3)OCCO4)nc2)C1. The van der Waals surface area contributed by atoms with Crippen LogP contribution in [0.15, 0.2) is 18.3 Å². The zero-order valence-electron chi connectivity index (χ0n) is 14.9. The predicted molar refractivity (Wildman–Crippen MR) is 94.6 cm³/mol. The maximum Gasteiger partial charge on any atom is 0.272 e. The standard InChI is InChI=1S/C19H27N3O3/c1-15-3-2-8-22(14-15)16-4-5-17(20-13-16)18(23)21-9-6-19(7-10-21)24-11-12-25-19/h4-5,13,15H,2-3,6-12,14H2,1H3. The number of carbonyl (C=O) groups excluding carboxylic acids is 1. The summed E-state index contributed by atoms with van der Waals surface area (Å²) in [5, 5.41) is 0. The van der Waals surface area contributed by atoms with Crippen molar-refractivity contribution < 1.29 is 14.3 Å². The molecule has 1 aromatic rings. The molecule has 4 heterocycles. The minimum atomic E-state index is -0.445. The number of rotatable bonds is 2. The van der Waals surface area contributed by atoms with Gasteiger partial charge in [0.25, 0.3) is 5.91 Å². The monoisotopic (exact) mass is 345 g/mol. The number of hydrogen-bond acceptors (Lipinski definition) is 5. The number of amides is 1. The molecule has 0 bridgehead atoms. The fourth-order valence-electron chi connectivity index (χ4n) is 4.12. The summed E-state index contributed by atoms with van der Waals surface area (Å²) >= 11 is 0. The molecule has 0 radical (unpaired) electrons. The van der Waals surface area contributed by atoms with Gasteiger partial charge in [-0.3, -0.25) is 4.79 Å². The zero-order valence-corrected chi connectivity index (χ0v) is 14.9. The maximum atomic E-state index is 12.7. The van der Waals surface area contributed by atoms with Crippen LogP contribution in [0.3, 0.4) is 0 Å².